The molecule has 168 valence electrons. The summed E-state index contributed by atoms with van der Waals surface area (Å²) in [5.41, 5.74) is 0. The number of ether oxygens (including phenoxy) is 1. The van der Waals surface area contributed by atoms with E-state index in [9.17, 15) is 4.79 Å². The quantitative estimate of drug-likeness (QED) is 0.546. The van der Waals surface area contributed by atoms with Crippen molar-refractivity contribution in [2.45, 2.75) is 85.2 Å². The van der Waals surface area contributed by atoms with Gasteiger partial charge in [0.15, 0.2) is 0 Å². The predicted octanol–water partition coefficient (Wildman–Crippen LogP) is 6.37. The molecule has 1 amide bonds. The van der Waals surface area contributed by atoms with Gasteiger partial charge in [-0.15, -0.1) is 0 Å². The summed E-state index contributed by atoms with van der Waals surface area (Å²) in [5.74, 6) is 1.86. The molecule has 2 aliphatic rings. The monoisotopic (exact) mass is 416 g/mol. The lowest BCUT2D eigenvalue weighted by Gasteiger charge is -2.28. The molecule has 30 heavy (non-hydrogen) atoms. The van der Waals surface area contributed by atoms with Crippen molar-refractivity contribution in [1.82, 2.24) is 9.97 Å². The van der Waals surface area contributed by atoms with E-state index in [1.54, 1.807) is 23.2 Å². The van der Waals surface area contributed by atoms with E-state index in [2.05, 4.69) is 41.8 Å². The lowest BCUT2D eigenvalue weighted by atomic mass is 9.85. The van der Waals surface area contributed by atoms with Gasteiger partial charge in [0.2, 0.25) is 5.95 Å². The molecular formula is C24H40N4O2. The lowest BCUT2D eigenvalue weighted by molar-refractivity contribution is 0.179. The minimum absolute atomic E-state index is 0.00557. The first-order valence-electron chi connectivity index (χ1n) is 11.4. The van der Waals surface area contributed by atoms with Crippen molar-refractivity contribution in [2.75, 3.05) is 16.8 Å². The Balaban J connectivity index is 0.000000487. The van der Waals surface area contributed by atoms with Gasteiger partial charge < -0.3 is 10.1 Å². The van der Waals surface area contributed by atoms with Gasteiger partial charge in [0.1, 0.15) is 12.4 Å². The molecule has 0 bridgehead atoms. The van der Waals surface area contributed by atoms with Crippen LogP contribution in [0.4, 0.5) is 16.6 Å². The van der Waals surface area contributed by atoms with E-state index >= 15 is 0 Å². The highest BCUT2D eigenvalue weighted by Gasteiger charge is 2.32. The molecular weight excluding hydrogens is 376 g/mol. The zero-order valence-electron chi connectivity index (χ0n) is 19.4. The first kappa shape index (κ1) is 25.7. The Bertz CT molecular complexity index is 656. The maximum absolute atomic E-state index is 11.8. The first-order chi connectivity index (χ1) is 14.6. The fourth-order valence-electron chi connectivity index (χ4n) is 3.58. The number of hydrogen-bond donors (Lipinski definition) is 1. The fraction of sp³-hybridized carbons (Fsp3) is 0.625. The largest absolute Gasteiger partial charge is 0.447 e. The minimum atomic E-state index is -0.336. The van der Waals surface area contributed by atoms with Crippen LogP contribution in [0.25, 0.3) is 0 Å². The summed E-state index contributed by atoms with van der Waals surface area (Å²) in [6.45, 7) is 14.2. The molecule has 1 aliphatic carbocycles. The van der Waals surface area contributed by atoms with E-state index in [0.29, 0.717) is 30.3 Å². The Labute approximate surface area is 182 Å². The van der Waals surface area contributed by atoms with Crippen molar-refractivity contribution in [3.05, 3.63) is 37.1 Å². The van der Waals surface area contributed by atoms with Crippen molar-refractivity contribution < 1.29 is 9.53 Å². The smallest absolute Gasteiger partial charge is 0.415 e. The number of hydrogen-bond acceptors (Lipinski definition) is 5. The second-order valence-electron chi connectivity index (χ2n) is 7.44. The van der Waals surface area contributed by atoms with E-state index in [0.717, 1.165) is 6.42 Å². The Morgan fingerprint density at radius 2 is 2.03 bits per heavy atom. The lowest BCUT2D eigenvalue weighted by Crippen LogP contribution is -2.32. The summed E-state index contributed by atoms with van der Waals surface area (Å²) < 4.78 is 5.05. The highest BCUT2D eigenvalue weighted by molar-refractivity contribution is 5.89. The molecule has 2 atom stereocenters. The van der Waals surface area contributed by atoms with Crippen LogP contribution in [0, 0.1) is 5.92 Å². The van der Waals surface area contributed by atoms with Crippen LogP contribution in [-0.4, -0.2) is 34.8 Å². The Hall–Kier alpha value is -2.37. The number of anilines is 2. The van der Waals surface area contributed by atoms with Gasteiger partial charge in [0.25, 0.3) is 0 Å². The van der Waals surface area contributed by atoms with Crippen molar-refractivity contribution in [3.63, 3.8) is 0 Å². The molecule has 6 heteroatoms. The van der Waals surface area contributed by atoms with Crippen LogP contribution in [0.5, 0.6) is 0 Å². The third kappa shape index (κ3) is 8.17. The van der Waals surface area contributed by atoms with Crippen molar-refractivity contribution >= 4 is 17.9 Å². The first-order valence-corrected chi connectivity index (χ1v) is 11.4. The van der Waals surface area contributed by atoms with Crippen LogP contribution < -0.4 is 10.2 Å². The second-order valence-corrected chi connectivity index (χ2v) is 7.44. The molecule has 2 heterocycles. The maximum Gasteiger partial charge on any atom is 0.415 e. The van der Waals surface area contributed by atoms with E-state index in [-0.39, 0.29) is 12.1 Å². The maximum atomic E-state index is 11.8. The summed E-state index contributed by atoms with van der Waals surface area (Å²) in [5, 5.41) is 3.40. The van der Waals surface area contributed by atoms with Crippen molar-refractivity contribution in [1.29, 1.82) is 0 Å². The highest BCUT2D eigenvalue weighted by atomic mass is 16.6. The van der Waals surface area contributed by atoms with Gasteiger partial charge in [0, 0.05) is 12.2 Å². The molecule has 2 fully saturated rings. The minimum Gasteiger partial charge on any atom is -0.447 e. The zero-order valence-corrected chi connectivity index (χ0v) is 19.4. The standard InChI is InChI=1S/C16H24N4O2.C6H10.C2H6/c1-11-10-22-16(21)20(11)14-8-9-17-15(19-14)18-12(2)13-6-4-3-5-7-13;1-3-5-6-4-2;1-2/h8-9,11-13H,3-7,10H2,1-2H3,(H,17,18,19);3,5-6H,1,4H2,2H3;1-2H3/b;6-5-;/t11-,12+;;/m1../s1. The summed E-state index contributed by atoms with van der Waals surface area (Å²) in [4.78, 5) is 22.2. The molecule has 0 radical (unpaired) electrons. The van der Waals surface area contributed by atoms with Crippen LogP contribution in [-0.2, 0) is 4.74 Å². The zero-order chi connectivity index (χ0) is 22.4. The molecule has 0 unspecified atom stereocenters. The molecule has 6 nitrogen and oxygen atoms in total. The van der Waals surface area contributed by atoms with Gasteiger partial charge in [-0.1, -0.05) is 64.8 Å². The van der Waals surface area contributed by atoms with E-state index in [4.69, 9.17) is 4.74 Å². The third-order valence-electron chi connectivity index (χ3n) is 5.19. The summed E-state index contributed by atoms with van der Waals surface area (Å²) >= 11 is 0. The second kappa shape index (κ2) is 14.6. The van der Waals surface area contributed by atoms with Crippen LogP contribution in [0.3, 0.4) is 0 Å². The normalized spacial score (nSPS) is 19.8. The average molecular weight is 417 g/mol. The van der Waals surface area contributed by atoms with Gasteiger partial charge in [-0.25, -0.2) is 9.78 Å². The number of nitrogens with one attached hydrogen (secondary N) is 1. The van der Waals surface area contributed by atoms with E-state index in [1.807, 2.05) is 26.8 Å². The predicted molar refractivity (Wildman–Crippen MR) is 126 cm³/mol. The van der Waals surface area contributed by atoms with E-state index < -0.39 is 0 Å². The van der Waals surface area contributed by atoms with Gasteiger partial charge in [-0.05, 0) is 45.1 Å². The number of allylic oxidation sites excluding steroid dienone is 3. The van der Waals surface area contributed by atoms with Crippen LogP contribution in [0.15, 0.2) is 37.1 Å². The summed E-state index contributed by atoms with van der Waals surface area (Å²) in [6, 6.07) is 2.10. The molecule has 1 saturated carbocycles. The molecule has 0 spiro atoms. The average Bonchev–Trinajstić information content (AvgIpc) is 3.13. The summed E-state index contributed by atoms with van der Waals surface area (Å²) in [6.07, 6.45) is 14.8. The van der Waals surface area contributed by atoms with Crippen LogP contribution in [0.1, 0.15) is 73.1 Å². The molecule has 0 aromatic carbocycles. The SMILES string of the molecule is C=C/C=C\CC.CC.C[C@H](Nc1nccc(N2C(=O)OC[C@H]2C)n1)C1CCCCC1. The van der Waals surface area contributed by atoms with Crippen molar-refractivity contribution in [2.24, 2.45) is 5.92 Å². The van der Waals surface area contributed by atoms with Crippen LogP contribution in [0.2, 0.25) is 0 Å². The van der Waals surface area contributed by atoms with Gasteiger partial charge in [-0.2, -0.15) is 4.98 Å². The molecule has 1 aliphatic heterocycles. The van der Waals surface area contributed by atoms with Gasteiger partial charge in [0.05, 0.1) is 6.04 Å². The number of amides is 1. The number of cyclic esters (lactones) is 1. The number of carbonyl (C=O) groups is 1. The van der Waals surface area contributed by atoms with Crippen LogP contribution >= 0.6 is 0 Å². The van der Waals surface area contributed by atoms with Gasteiger partial charge >= 0.3 is 6.09 Å². The molecule has 1 N–H and O–H groups in total. The topological polar surface area (TPSA) is 67.4 Å². The Kier molecular flexibility index (Phi) is 12.5. The Morgan fingerprint density at radius 3 is 2.57 bits per heavy atom. The number of rotatable bonds is 6. The third-order valence-corrected chi connectivity index (χ3v) is 5.19. The highest BCUT2D eigenvalue weighted by Crippen LogP contribution is 2.28. The van der Waals surface area contributed by atoms with E-state index in [1.165, 1.54) is 32.1 Å². The molecule has 1 aromatic heterocycles. The fourth-order valence-corrected chi connectivity index (χ4v) is 3.58. The van der Waals surface area contributed by atoms with Gasteiger partial charge in [-0.3, -0.25) is 4.90 Å². The number of nitrogens with zero attached hydrogens (tertiary/aromatic N) is 3. The Morgan fingerprint density at radius 1 is 1.33 bits per heavy atom. The molecule has 1 aromatic rings. The van der Waals surface area contributed by atoms with Crippen molar-refractivity contribution in [3.8, 4) is 0 Å². The molecule has 1 saturated heterocycles. The molecule has 3 rings (SSSR count). The number of aromatic nitrogens is 2. The number of carbonyl (C=O) groups excluding carboxylic acids is 1. The summed E-state index contributed by atoms with van der Waals surface area (Å²) in [7, 11) is 0.